The highest BCUT2D eigenvalue weighted by atomic mass is 32.2. The maximum atomic E-state index is 13.6. The molecule has 0 fully saturated rings. The highest BCUT2D eigenvalue weighted by molar-refractivity contribution is 7.91. The smallest absolute Gasteiger partial charge is 0.239 e. The summed E-state index contributed by atoms with van der Waals surface area (Å²) < 4.78 is 43.1. The van der Waals surface area contributed by atoms with Crippen LogP contribution in [0.1, 0.15) is 12.5 Å². The summed E-state index contributed by atoms with van der Waals surface area (Å²) in [7, 11) is -3.79. The van der Waals surface area contributed by atoms with Crippen molar-refractivity contribution < 1.29 is 22.3 Å². The molecule has 5 nitrogen and oxygen atoms in total. The van der Waals surface area contributed by atoms with E-state index in [0.717, 1.165) is 0 Å². The standard InChI is InChI=1S/C17H18FNO4S/c1-2-23-16-10-6-5-9-15(16)19-17(20)12-24(21,22)11-13-7-3-4-8-14(13)18/h3-10H,2,11-12H2,1H3,(H,19,20). The summed E-state index contributed by atoms with van der Waals surface area (Å²) in [5, 5.41) is 2.51. The van der Waals surface area contributed by atoms with Crippen molar-refractivity contribution in [3.63, 3.8) is 0 Å². The fourth-order valence-corrected chi connectivity index (χ4v) is 3.42. The summed E-state index contributed by atoms with van der Waals surface area (Å²) >= 11 is 0. The Balaban J connectivity index is 2.05. The molecule has 0 aliphatic rings. The fourth-order valence-electron chi connectivity index (χ4n) is 2.14. The monoisotopic (exact) mass is 351 g/mol. The van der Waals surface area contributed by atoms with Crippen molar-refractivity contribution in [2.24, 2.45) is 0 Å². The van der Waals surface area contributed by atoms with E-state index in [1.54, 1.807) is 37.3 Å². The lowest BCUT2D eigenvalue weighted by molar-refractivity contribution is -0.113. The zero-order chi connectivity index (χ0) is 17.6. The van der Waals surface area contributed by atoms with Gasteiger partial charge in [-0.25, -0.2) is 12.8 Å². The highest BCUT2D eigenvalue weighted by Crippen LogP contribution is 2.23. The van der Waals surface area contributed by atoms with E-state index in [2.05, 4.69) is 5.32 Å². The van der Waals surface area contributed by atoms with Gasteiger partial charge in [0.05, 0.1) is 18.0 Å². The van der Waals surface area contributed by atoms with E-state index in [9.17, 15) is 17.6 Å². The molecular formula is C17H18FNO4S. The highest BCUT2D eigenvalue weighted by Gasteiger charge is 2.20. The van der Waals surface area contributed by atoms with E-state index < -0.39 is 33.1 Å². The third-order valence-electron chi connectivity index (χ3n) is 3.15. The van der Waals surface area contributed by atoms with Gasteiger partial charge in [0.2, 0.25) is 5.91 Å². The van der Waals surface area contributed by atoms with Gasteiger partial charge in [0, 0.05) is 5.56 Å². The number of carbonyl (C=O) groups excluding carboxylic acids is 1. The van der Waals surface area contributed by atoms with Crippen molar-refractivity contribution in [3.8, 4) is 5.75 Å². The molecule has 0 atom stereocenters. The van der Waals surface area contributed by atoms with Crippen molar-refractivity contribution in [2.75, 3.05) is 17.7 Å². The zero-order valence-corrected chi connectivity index (χ0v) is 14.0. The summed E-state index contributed by atoms with van der Waals surface area (Å²) in [5.41, 5.74) is 0.436. The summed E-state index contributed by atoms with van der Waals surface area (Å²) in [6.07, 6.45) is 0. The topological polar surface area (TPSA) is 72.5 Å². The van der Waals surface area contributed by atoms with E-state index >= 15 is 0 Å². The first-order chi connectivity index (χ1) is 11.4. The number of hydrogen-bond acceptors (Lipinski definition) is 4. The van der Waals surface area contributed by atoms with Crippen LogP contribution in [0.15, 0.2) is 48.5 Å². The Bertz CT molecular complexity index is 821. The number of nitrogens with one attached hydrogen (secondary N) is 1. The van der Waals surface area contributed by atoms with Crippen LogP contribution in [-0.4, -0.2) is 26.7 Å². The third-order valence-corrected chi connectivity index (χ3v) is 4.60. The molecular weight excluding hydrogens is 333 g/mol. The first kappa shape index (κ1) is 17.9. The van der Waals surface area contributed by atoms with Crippen molar-refractivity contribution in [1.29, 1.82) is 0 Å². The average Bonchev–Trinajstić information content (AvgIpc) is 2.51. The lowest BCUT2D eigenvalue weighted by atomic mass is 10.2. The van der Waals surface area contributed by atoms with Crippen LogP contribution in [-0.2, 0) is 20.4 Å². The van der Waals surface area contributed by atoms with Gasteiger partial charge >= 0.3 is 0 Å². The van der Waals surface area contributed by atoms with Crippen LogP contribution >= 0.6 is 0 Å². The minimum atomic E-state index is -3.79. The van der Waals surface area contributed by atoms with Gasteiger partial charge in [0.1, 0.15) is 17.3 Å². The fraction of sp³-hybridized carbons (Fsp3) is 0.235. The number of rotatable bonds is 7. The lowest BCUT2D eigenvalue weighted by Crippen LogP contribution is -2.24. The second kappa shape index (κ2) is 7.92. The molecule has 2 rings (SSSR count). The predicted molar refractivity (Wildman–Crippen MR) is 90.1 cm³/mol. The van der Waals surface area contributed by atoms with Gasteiger partial charge in [-0.15, -0.1) is 0 Å². The molecule has 0 heterocycles. The van der Waals surface area contributed by atoms with Crippen LogP contribution in [0, 0.1) is 5.82 Å². The Morgan fingerprint density at radius 1 is 1.12 bits per heavy atom. The van der Waals surface area contributed by atoms with E-state index in [-0.39, 0.29) is 5.56 Å². The summed E-state index contributed by atoms with van der Waals surface area (Å²) in [6.45, 7) is 2.22. The molecule has 0 aliphatic heterocycles. The van der Waals surface area contributed by atoms with E-state index in [0.29, 0.717) is 18.0 Å². The first-order valence-electron chi connectivity index (χ1n) is 7.37. The maximum absolute atomic E-state index is 13.6. The number of benzene rings is 2. The molecule has 0 unspecified atom stereocenters. The number of para-hydroxylation sites is 2. The summed E-state index contributed by atoms with van der Waals surface area (Å²) in [6, 6.07) is 12.3. The van der Waals surface area contributed by atoms with Crippen molar-refractivity contribution in [2.45, 2.75) is 12.7 Å². The molecule has 0 saturated carbocycles. The molecule has 2 aromatic rings. The second-order valence-electron chi connectivity index (χ2n) is 5.10. The molecule has 7 heteroatoms. The molecule has 0 saturated heterocycles. The number of ether oxygens (including phenoxy) is 1. The number of hydrogen-bond donors (Lipinski definition) is 1. The number of carbonyl (C=O) groups is 1. The van der Waals surface area contributed by atoms with Crippen molar-refractivity contribution in [3.05, 3.63) is 59.9 Å². The van der Waals surface area contributed by atoms with Crippen LogP contribution in [0.2, 0.25) is 0 Å². The quantitative estimate of drug-likeness (QED) is 0.832. The number of amides is 1. The first-order valence-corrected chi connectivity index (χ1v) is 9.19. The molecule has 24 heavy (non-hydrogen) atoms. The minimum Gasteiger partial charge on any atom is -0.492 e. The summed E-state index contributed by atoms with van der Waals surface area (Å²) in [4.78, 5) is 12.0. The summed E-state index contributed by atoms with van der Waals surface area (Å²) in [5.74, 6) is -2.11. The van der Waals surface area contributed by atoms with Crippen LogP contribution < -0.4 is 10.1 Å². The molecule has 0 spiro atoms. The Morgan fingerprint density at radius 3 is 2.50 bits per heavy atom. The molecule has 0 aliphatic carbocycles. The predicted octanol–water partition coefficient (Wildman–Crippen LogP) is 2.78. The zero-order valence-electron chi connectivity index (χ0n) is 13.2. The molecule has 2 aromatic carbocycles. The maximum Gasteiger partial charge on any atom is 0.239 e. The van der Waals surface area contributed by atoms with Crippen LogP contribution in [0.25, 0.3) is 0 Å². The average molecular weight is 351 g/mol. The number of sulfone groups is 1. The largest absolute Gasteiger partial charge is 0.492 e. The van der Waals surface area contributed by atoms with E-state index in [4.69, 9.17) is 4.74 Å². The Hall–Kier alpha value is -2.41. The Morgan fingerprint density at radius 2 is 1.79 bits per heavy atom. The van der Waals surface area contributed by atoms with E-state index in [1.807, 2.05) is 0 Å². The SMILES string of the molecule is CCOc1ccccc1NC(=O)CS(=O)(=O)Cc1ccccc1F. The minimum absolute atomic E-state index is 0.0417. The van der Waals surface area contributed by atoms with E-state index in [1.165, 1.54) is 18.2 Å². The van der Waals surface area contributed by atoms with Gasteiger partial charge < -0.3 is 10.1 Å². The third kappa shape index (κ3) is 5.06. The Labute approximate surface area is 140 Å². The second-order valence-corrected chi connectivity index (χ2v) is 7.17. The van der Waals surface area contributed by atoms with Gasteiger partial charge in [0.25, 0.3) is 0 Å². The van der Waals surface area contributed by atoms with Gasteiger partial charge in [0.15, 0.2) is 9.84 Å². The molecule has 0 aromatic heterocycles. The molecule has 1 amide bonds. The molecule has 0 bridgehead atoms. The van der Waals surface area contributed by atoms with Crippen molar-refractivity contribution in [1.82, 2.24) is 0 Å². The van der Waals surface area contributed by atoms with Crippen molar-refractivity contribution >= 4 is 21.4 Å². The van der Waals surface area contributed by atoms with Crippen LogP contribution in [0.5, 0.6) is 5.75 Å². The van der Waals surface area contributed by atoms with Gasteiger partial charge in [-0.2, -0.15) is 0 Å². The van der Waals surface area contributed by atoms with Gasteiger partial charge in [-0.1, -0.05) is 30.3 Å². The van der Waals surface area contributed by atoms with Gasteiger partial charge in [-0.05, 0) is 25.1 Å². The molecule has 1 N–H and O–H groups in total. The van der Waals surface area contributed by atoms with Crippen LogP contribution in [0.3, 0.4) is 0 Å². The Kier molecular flexibility index (Phi) is 5.92. The number of anilines is 1. The number of halogens is 1. The molecule has 0 radical (unpaired) electrons. The molecule has 128 valence electrons. The normalized spacial score (nSPS) is 11.1. The van der Waals surface area contributed by atoms with Crippen LogP contribution in [0.4, 0.5) is 10.1 Å². The lowest BCUT2D eigenvalue weighted by Gasteiger charge is -2.11. The van der Waals surface area contributed by atoms with Gasteiger partial charge in [-0.3, -0.25) is 4.79 Å².